The number of aromatic nitrogens is 1. The molecule has 3 nitrogen and oxygen atoms in total. The molecule has 3 rings (SSSR count). The maximum atomic E-state index is 13.4. The van der Waals surface area contributed by atoms with E-state index in [1.165, 1.54) is 31.5 Å². The summed E-state index contributed by atoms with van der Waals surface area (Å²) in [5.74, 6) is 0.414. The van der Waals surface area contributed by atoms with Crippen LogP contribution in [0.3, 0.4) is 0 Å². The molecule has 1 aliphatic carbocycles. The van der Waals surface area contributed by atoms with Gasteiger partial charge in [0, 0.05) is 19.3 Å². The number of nitrogens with zero attached hydrogens (tertiary/aromatic N) is 2. The molecule has 1 aromatic heterocycles. The monoisotopic (exact) mass is 234 g/mol. The van der Waals surface area contributed by atoms with E-state index >= 15 is 0 Å². The first kappa shape index (κ1) is 10.7. The largest absolute Gasteiger partial charge is 0.338 e. The van der Waals surface area contributed by atoms with Gasteiger partial charge in [0.2, 0.25) is 5.95 Å². The van der Waals surface area contributed by atoms with Crippen LogP contribution in [0.4, 0.5) is 4.39 Å². The zero-order valence-electron chi connectivity index (χ0n) is 9.60. The van der Waals surface area contributed by atoms with Crippen molar-refractivity contribution in [2.75, 3.05) is 13.1 Å². The molecule has 17 heavy (non-hydrogen) atoms. The number of carbonyl (C=O) groups is 1. The Morgan fingerprint density at radius 3 is 2.71 bits per heavy atom. The molecule has 2 unspecified atom stereocenters. The molecule has 2 fully saturated rings. The van der Waals surface area contributed by atoms with Gasteiger partial charge in [-0.2, -0.15) is 4.39 Å². The lowest BCUT2D eigenvalue weighted by molar-refractivity contribution is 0.0775. The summed E-state index contributed by atoms with van der Waals surface area (Å²) in [5.41, 5.74) is 0.104. The van der Waals surface area contributed by atoms with Crippen molar-refractivity contribution in [2.45, 2.75) is 19.3 Å². The summed E-state index contributed by atoms with van der Waals surface area (Å²) < 4.78 is 13.4. The molecule has 2 aliphatic rings. The second kappa shape index (κ2) is 4.09. The normalized spacial score (nSPS) is 27.2. The van der Waals surface area contributed by atoms with E-state index in [9.17, 15) is 9.18 Å². The Bertz CT molecular complexity index is 437. The number of carbonyl (C=O) groups excluding carboxylic acids is 1. The lowest BCUT2D eigenvalue weighted by Crippen LogP contribution is -2.30. The van der Waals surface area contributed by atoms with Gasteiger partial charge >= 0.3 is 0 Å². The van der Waals surface area contributed by atoms with Crippen molar-refractivity contribution >= 4 is 5.91 Å². The highest BCUT2D eigenvalue weighted by atomic mass is 19.1. The first-order valence-corrected chi connectivity index (χ1v) is 6.15. The van der Waals surface area contributed by atoms with Crippen LogP contribution < -0.4 is 0 Å². The molecule has 90 valence electrons. The van der Waals surface area contributed by atoms with Crippen LogP contribution in [-0.2, 0) is 0 Å². The molecule has 1 saturated heterocycles. The van der Waals surface area contributed by atoms with E-state index < -0.39 is 5.95 Å². The highest BCUT2D eigenvalue weighted by molar-refractivity contribution is 5.94. The first-order chi connectivity index (χ1) is 8.25. The smallest absolute Gasteiger partial charge is 0.258 e. The van der Waals surface area contributed by atoms with Crippen LogP contribution >= 0.6 is 0 Å². The molecule has 0 spiro atoms. The number of halogens is 1. The van der Waals surface area contributed by atoms with E-state index in [0.29, 0.717) is 11.8 Å². The van der Waals surface area contributed by atoms with Crippen molar-refractivity contribution in [1.29, 1.82) is 0 Å². The molecular weight excluding hydrogens is 219 g/mol. The third-order valence-corrected chi connectivity index (χ3v) is 4.00. The van der Waals surface area contributed by atoms with Gasteiger partial charge in [0.1, 0.15) is 0 Å². The Kier molecular flexibility index (Phi) is 2.57. The van der Waals surface area contributed by atoms with Crippen LogP contribution in [0, 0.1) is 17.8 Å². The molecule has 0 aromatic carbocycles. The topological polar surface area (TPSA) is 33.2 Å². The third-order valence-electron chi connectivity index (χ3n) is 4.00. The van der Waals surface area contributed by atoms with Crippen molar-refractivity contribution < 1.29 is 9.18 Å². The Balaban J connectivity index is 1.78. The molecule has 0 N–H and O–H groups in total. The third kappa shape index (κ3) is 1.81. The summed E-state index contributed by atoms with van der Waals surface area (Å²) in [6.07, 6.45) is 5.07. The highest BCUT2D eigenvalue weighted by Crippen LogP contribution is 2.38. The Morgan fingerprint density at radius 2 is 2.06 bits per heavy atom. The molecule has 2 atom stereocenters. The van der Waals surface area contributed by atoms with Crippen molar-refractivity contribution in [3.63, 3.8) is 0 Å². The predicted octanol–water partition coefficient (Wildman–Crippen LogP) is 2.09. The molecular formula is C13H15FN2O. The lowest BCUT2D eigenvalue weighted by atomic mass is 10.0. The lowest BCUT2D eigenvalue weighted by Gasteiger charge is -2.17. The Morgan fingerprint density at radius 1 is 1.35 bits per heavy atom. The fourth-order valence-electron chi connectivity index (χ4n) is 3.12. The van der Waals surface area contributed by atoms with Crippen LogP contribution in [0.5, 0.6) is 0 Å². The molecule has 4 heteroatoms. The van der Waals surface area contributed by atoms with Crippen LogP contribution in [0.2, 0.25) is 0 Å². The summed E-state index contributed by atoms with van der Waals surface area (Å²) in [6.45, 7) is 1.58. The van der Waals surface area contributed by atoms with Crippen molar-refractivity contribution in [1.82, 2.24) is 9.88 Å². The molecule has 1 aliphatic heterocycles. The van der Waals surface area contributed by atoms with Crippen molar-refractivity contribution in [3.05, 3.63) is 29.8 Å². The number of fused-ring (bicyclic) bond motifs is 1. The summed E-state index contributed by atoms with van der Waals surface area (Å²) in [5, 5.41) is 0. The number of rotatable bonds is 1. The fourth-order valence-corrected chi connectivity index (χ4v) is 3.12. The van der Waals surface area contributed by atoms with E-state index in [1.54, 1.807) is 11.0 Å². The van der Waals surface area contributed by atoms with Crippen molar-refractivity contribution in [3.8, 4) is 0 Å². The molecule has 2 heterocycles. The standard InChI is InChI=1S/C13H15FN2O/c14-12-11(5-2-6-15-12)13(17)16-7-9-3-1-4-10(9)8-16/h2,5-6,9-10H,1,3-4,7-8H2. The van der Waals surface area contributed by atoms with Gasteiger partial charge in [0.25, 0.3) is 5.91 Å². The predicted molar refractivity (Wildman–Crippen MR) is 60.9 cm³/mol. The molecule has 1 aromatic rings. The second-order valence-electron chi connectivity index (χ2n) is 5.00. The Labute approximate surface area is 99.6 Å². The van der Waals surface area contributed by atoms with E-state index in [0.717, 1.165) is 13.1 Å². The minimum atomic E-state index is -0.658. The second-order valence-corrected chi connectivity index (χ2v) is 5.00. The number of likely N-dealkylation sites (tertiary alicyclic amines) is 1. The molecule has 0 bridgehead atoms. The summed E-state index contributed by atoms with van der Waals surface area (Å²) in [7, 11) is 0. The highest BCUT2D eigenvalue weighted by Gasteiger charge is 2.38. The zero-order valence-corrected chi connectivity index (χ0v) is 9.60. The van der Waals surface area contributed by atoms with Crippen LogP contribution in [0.1, 0.15) is 29.6 Å². The number of hydrogen-bond donors (Lipinski definition) is 0. The molecule has 0 radical (unpaired) electrons. The Hall–Kier alpha value is -1.45. The van der Waals surface area contributed by atoms with E-state index in [1.807, 2.05) is 0 Å². The fraction of sp³-hybridized carbons (Fsp3) is 0.538. The minimum absolute atomic E-state index is 0.104. The van der Waals surface area contributed by atoms with Gasteiger partial charge < -0.3 is 4.90 Å². The van der Waals surface area contributed by atoms with Crippen LogP contribution in [0.15, 0.2) is 18.3 Å². The van der Waals surface area contributed by atoms with E-state index in [4.69, 9.17) is 0 Å². The average Bonchev–Trinajstić information content (AvgIpc) is 2.88. The van der Waals surface area contributed by atoms with Crippen molar-refractivity contribution in [2.24, 2.45) is 11.8 Å². The molecule has 1 saturated carbocycles. The number of pyridine rings is 1. The zero-order chi connectivity index (χ0) is 11.8. The summed E-state index contributed by atoms with van der Waals surface area (Å²) >= 11 is 0. The van der Waals surface area contributed by atoms with E-state index in [-0.39, 0.29) is 11.5 Å². The van der Waals surface area contributed by atoms with Gasteiger partial charge in [-0.1, -0.05) is 6.42 Å². The van der Waals surface area contributed by atoms with Gasteiger partial charge in [-0.05, 0) is 36.8 Å². The number of hydrogen-bond acceptors (Lipinski definition) is 2. The quantitative estimate of drug-likeness (QED) is 0.697. The minimum Gasteiger partial charge on any atom is -0.338 e. The first-order valence-electron chi connectivity index (χ1n) is 6.15. The van der Waals surface area contributed by atoms with Gasteiger partial charge in [-0.15, -0.1) is 0 Å². The average molecular weight is 234 g/mol. The molecule has 1 amide bonds. The SMILES string of the molecule is O=C(c1cccnc1F)N1CC2CCCC2C1. The van der Waals surface area contributed by atoms with Gasteiger partial charge in [-0.3, -0.25) is 4.79 Å². The maximum Gasteiger partial charge on any atom is 0.258 e. The van der Waals surface area contributed by atoms with E-state index in [2.05, 4.69) is 4.98 Å². The van der Waals surface area contributed by atoms with Gasteiger partial charge in [-0.25, -0.2) is 4.98 Å². The van der Waals surface area contributed by atoms with Crippen LogP contribution in [-0.4, -0.2) is 28.9 Å². The van der Waals surface area contributed by atoms with Gasteiger partial charge in [0.15, 0.2) is 0 Å². The van der Waals surface area contributed by atoms with Gasteiger partial charge in [0.05, 0.1) is 5.56 Å². The summed E-state index contributed by atoms with van der Waals surface area (Å²) in [6, 6.07) is 3.12. The summed E-state index contributed by atoms with van der Waals surface area (Å²) in [4.78, 5) is 17.5. The number of amides is 1. The van der Waals surface area contributed by atoms with Crippen LogP contribution in [0.25, 0.3) is 0 Å². The maximum absolute atomic E-state index is 13.4.